The largest absolute Gasteiger partial charge is 0.481 e. The van der Waals surface area contributed by atoms with Crippen molar-refractivity contribution in [2.45, 2.75) is 334 Å². The van der Waals surface area contributed by atoms with Crippen molar-refractivity contribution in [2.24, 2.45) is 0 Å². The zero-order valence-corrected chi connectivity index (χ0v) is 45.3. The molecule has 9 N–H and O–H groups in total. The van der Waals surface area contributed by atoms with Crippen LogP contribution in [0.15, 0.2) is 0 Å². The highest BCUT2D eigenvalue weighted by Crippen LogP contribution is 2.17. The van der Waals surface area contributed by atoms with Gasteiger partial charge in [-0.3, -0.25) is 14.4 Å². The lowest BCUT2D eigenvalue weighted by molar-refractivity contribution is -0.138. The van der Waals surface area contributed by atoms with Crippen LogP contribution in [0.1, 0.15) is 310 Å². The lowest BCUT2D eigenvalue weighted by Crippen LogP contribution is -2.15. The molecule has 0 saturated heterocycles. The van der Waals surface area contributed by atoms with Crippen LogP contribution in [0.3, 0.4) is 0 Å². The maximum absolute atomic E-state index is 10.3. The first-order valence-electron chi connectivity index (χ1n) is 28.9. The van der Waals surface area contributed by atoms with Gasteiger partial charge < -0.3 is 46.0 Å². The quantitative estimate of drug-likeness (QED) is 0.0259. The molecular formula is C57H116O12. The number of rotatable bonds is 50. The number of carbonyl (C=O) groups is 3. The number of aliphatic hydroxyl groups is 6. The lowest BCUT2D eigenvalue weighted by atomic mass is 10.0. The zero-order chi connectivity index (χ0) is 52.3. The molecule has 0 spiro atoms. The Hall–Kier alpha value is -1.83. The molecule has 0 aromatic rings. The van der Waals surface area contributed by atoms with E-state index in [0.717, 1.165) is 116 Å². The summed E-state index contributed by atoms with van der Waals surface area (Å²) in [4.78, 5) is 31.0. The Morgan fingerprint density at radius 1 is 0.261 bits per heavy atom. The second kappa shape index (κ2) is 64.2. The minimum Gasteiger partial charge on any atom is -0.481 e. The van der Waals surface area contributed by atoms with E-state index in [1.807, 2.05) is 0 Å². The van der Waals surface area contributed by atoms with Crippen molar-refractivity contribution in [3.63, 3.8) is 0 Å². The van der Waals surface area contributed by atoms with Gasteiger partial charge in [-0.25, -0.2) is 0 Å². The fourth-order valence-corrected chi connectivity index (χ4v) is 8.06. The smallest absolute Gasteiger partial charge is 0.303 e. The summed E-state index contributed by atoms with van der Waals surface area (Å²) in [6, 6.07) is 0. The minimum absolute atomic E-state index is 0.0853. The third-order valence-electron chi connectivity index (χ3n) is 12.6. The third-order valence-corrected chi connectivity index (χ3v) is 12.6. The van der Waals surface area contributed by atoms with Gasteiger partial charge in [-0.2, -0.15) is 0 Å². The third kappa shape index (κ3) is 77.8. The number of aliphatic carboxylic acids is 3. The Labute approximate surface area is 424 Å². The molecule has 0 heterocycles. The van der Waals surface area contributed by atoms with E-state index in [4.69, 9.17) is 30.6 Å². The van der Waals surface area contributed by atoms with Gasteiger partial charge in [-0.1, -0.05) is 233 Å². The number of carboxylic acid groups (broad SMARTS) is 3. The predicted molar refractivity (Wildman–Crippen MR) is 286 cm³/mol. The number of hydrogen-bond acceptors (Lipinski definition) is 9. The Bertz CT molecular complexity index is 881. The van der Waals surface area contributed by atoms with Crippen LogP contribution >= 0.6 is 0 Å². The van der Waals surface area contributed by atoms with E-state index in [0.29, 0.717) is 19.3 Å². The van der Waals surface area contributed by atoms with Crippen LogP contribution in [-0.4, -0.2) is 101 Å². The molecule has 69 heavy (non-hydrogen) atoms. The summed E-state index contributed by atoms with van der Waals surface area (Å²) in [6.45, 7) is 5.90. The van der Waals surface area contributed by atoms with Crippen LogP contribution in [-0.2, 0) is 14.4 Å². The Morgan fingerprint density at radius 3 is 0.565 bits per heavy atom. The maximum Gasteiger partial charge on any atom is 0.303 e. The van der Waals surface area contributed by atoms with Gasteiger partial charge in [0.2, 0.25) is 0 Å². The van der Waals surface area contributed by atoms with E-state index >= 15 is 0 Å². The molecule has 3 atom stereocenters. The second-order valence-electron chi connectivity index (χ2n) is 19.8. The van der Waals surface area contributed by atoms with E-state index in [1.165, 1.54) is 154 Å². The summed E-state index contributed by atoms with van der Waals surface area (Å²) in [5.41, 5.74) is 0. The van der Waals surface area contributed by atoms with Gasteiger partial charge in [0.15, 0.2) is 0 Å². The fraction of sp³-hybridized carbons (Fsp3) is 0.947. The van der Waals surface area contributed by atoms with Gasteiger partial charge in [-0.15, -0.1) is 0 Å². The molecule has 0 amide bonds. The predicted octanol–water partition coefficient (Wildman–Crippen LogP) is 14.2. The van der Waals surface area contributed by atoms with Gasteiger partial charge >= 0.3 is 17.9 Å². The van der Waals surface area contributed by atoms with Crippen LogP contribution in [0.2, 0.25) is 0 Å². The van der Waals surface area contributed by atoms with Gasteiger partial charge in [-0.05, 0) is 57.8 Å². The maximum atomic E-state index is 10.3. The molecule has 0 aliphatic heterocycles. The first-order chi connectivity index (χ1) is 33.3. The number of unbranched alkanes of at least 4 members (excludes halogenated alkanes) is 30. The van der Waals surface area contributed by atoms with Crippen molar-refractivity contribution >= 4 is 17.9 Å². The van der Waals surface area contributed by atoms with Crippen LogP contribution in [0, 0.1) is 0 Å². The summed E-state index contributed by atoms with van der Waals surface area (Å²) in [7, 11) is 0. The van der Waals surface area contributed by atoms with E-state index in [-0.39, 0.29) is 31.5 Å². The molecule has 0 rings (SSSR count). The second-order valence-corrected chi connectivity index (χ2v) is 19.8. The highest BCUT2D eigenvalue weighted by atomic mass is 16.4. The van der Waals surface area contributed by atoms with Gasteiger partial charge in [0.25, 0.3) is 0 Å². The first-order valence-corrected chi connectivity index (χ1v) is 28.9. The Balaban J connectivity index is -0.000000432. The fourth-order valence-electron chi connectivity index (χ4n) is 8.06. The number of aliphatic hydroxyl groups excluding tert-OH is 6. The van der Waals surface area contributed by atoms with Gasteiger partial charge in [0.05, 0.1) is 31.5 Å². The molecular weight excluding hydrogens is 877 g/mol. The minimum atomic E-state index is -0.954. The molecule has 0 aliphatic carbocycles. The normalized spacial score (nSPS) is 12.3. The molecule has 12 nitrogen and oxygen atoms in total. The van der Waals surface area contributed by atoms with Crippen molar-refractivity contribution < 1.29 is 60.3 Å². The molecule has 0 fully saturated rings. The van der Waals surface area contributed by atoms with E-state index in [1.54, 1.807) is 0 Å². The van der Waals surface area contributed by atoms with Crippen LogP contribution in [0.4, 0.5) is 0 Å². The van der Waals surface area contributed by atoms with Crippen LogP contribution in [0.5, 0.6) is 0 Å². The molecule has 0 aliphatic rings. The Kier molecular flexibility index (Phi) is 68.6. The molecule has 0 saturated carbocycles. The molecule has 0 aromatic carbocycles. The van der Waals surface area contributed by atoms with Crippen molar-refractivity contribution in [1.82, 2.24) is 0 Å². The Morgan fingerprint density at radius 2 is 0.420 bits per heavy atom. The van der Waals surface area contributed by atoms with E-state index < -0.39 is 24.0 Å². The van der Waals surface area contributed by atoms with Crippen LogP contribution in [0.25, 0.3) is 0 Å². The molecule has 12 heteroatoms. The van der Waals surface area contributed by atoms with Crippen molar-refractivity contribution in [2.75, 3.05) is 13.2 Å². The summed E-state index contributed by atoms with van der Waals surface area (Å²) >= 11 is 0. The lowest BCUT2D eigenvalue weighted by Gasteiger charge is -2.10. The van der Waals surface area contributed by atoms with Crippen LogP contribution < -0.4 is 0 Å². The van der Waals surface area contributed by atoms with E-state index in [9.17, 15) is 29.7 Å². The van der Waals surface area contributed by atoms with Crippen molar-refractivity contribution in [1.29, 1.82) is 0 Å². The zero-order valence-electron chi connectivity index (χ0n) is 45.3. The molecule has 3 unspecified atom stereocenters. The van der Waals surface area contributed by atoms with Gasteiger partial charge in [0.1, 0.15) is 6.10 Å². The first kappa shape index (κ1) is 73.7. The molecule has 0 bridgehead atoms. The van der Waals surface area contributed by atoms with Gasteiger partial charge in [0, 0.05) is 19.3 Å². The molecule has 0 radical (unpaired) electrons. The molecule has 0 aromatic heterocycles. The summed E-state index contributed by atoms with van der Waals surface area (Å²) in [5, 5.41) is 79.1. The SMILES string of the molecule is CCCCCCC(O)CCCCCCCCCCC(=O)O.CCCCCCC(O)CCCCCCCCCCC(=O)O.CCCCCCC(O)CCCCCCCCCCC(=O)O.OCC(O)CO. The number of hydrogen-bond donors (Lipinski definition) is 9. The monoisotopic (exact) mass is 993 g/mol. The summed E-state index contributed by atoms with van der Waals surface area (Å²) in [5.74, 6) is -2.03. The summed E-state index contributed by atoms with van der Waals surface area (Å²) in [6.07, 6.45) is 47.8. The highest BCUT2D eigenvalue weighted by Gasteiger charge is 2.06. The standard InChI is InChI=1S/3C18H36O3.C3H8O3/c3*1-2-3-4-11-14-17(19)15-12-9-7-5-6-8-10-13-16-18(20)21;4-1-3(6)2-5/h3*17,19H,2-16H2,1H3,(H,20,21);3-6H,1-2H2. The number of carboxylic acids is 3. The average molecular weight is 994 g/mol. The van der Waals surface area contributed by atoms with Crippen molar-refractivity contribution in [3.05, 3.63) is 0 Å². The topological polar surface area (TPSA) is 233 Å². The average Bonchev–Trinajstić information content (AvgIpc) is 3.32. The van der Waals surface area contributed by atoms with E-state index in [2.05, 4.69) is 20.8 Å². The molecule has 416 valence electrons. The summed E-state index contributed by atoms with van der Waals surface area (Å²) < 4.78 is 0. The highest BCUT2D eigenvalue weighted by molar-refractivity contribution is 5.67. The van der Waals surface area contributed by atoms with Crippen molar-refractivity contribution in [3.8, 4) is 0 Å².